The van der Waals surface area contributed by atoms with E-state index in [1.165, 1.54) is 7.11 Å². The molecule has 5 heteroatoms. The van der Waals surface area contributed by atoms with Crippen molar-refractivity contribution in [2.75, 3.05) is 7.11 Å². The highest BCUT2D eigenvalue weighted by molar-refractivity contribution is 5.92. The van der Waals surface area contributed by atoms with Gasteiger partial charge in [-0.05, 0) is 38.0 Å². The van der Waals surface area contributed by atoms with Gasteiger partial charge in [0.05, 0.1) is 12.7 Å². The van der Waals surface area contributed by atoms with Crippen LogP contribution < -0.4 is 10.1 Å². The molecule has 0 bridgehead atoms. The molecule has 0 unspecified atom stereocenters. The lowest BCUT2D eigenvalue weighted by Crippen LogP contribution is -2.40. The number of amides is 1. The van der Waals surface area contributed by atoms with Gasteiger partial charge in [0.15, 0.2) is 6.10 Å². The van der Waals surface area contributed by atoms with Crippen molar-refractivity contribution in [2.24, 2.45) is 0 Å². The smallest absolute Gasteiger partial charge is 0.339 e. The number of ether oxygens (including phenoxy) is 2. The zero-order chi connectivity index (χ0) is 15.2. The van der Waals surface area contributed by atoms with Crippen LogP contribution in [-0.2, 0) is 9.53 Å². The Hall–Kier alpha value is -2.04. The zero-order valence-corrected chi connectivity index (χ0v) is 12.4. The first-order valence-electron chi connectivity index (χ1n) is 7.25. The van der Waals surface area contributed by atoms with Crippen molar-refractivity contribution in [2.45, 2.75) is 44.8 Å². The maximum Gasteiger partial charge on any atom is 0.339 e. The third kappa shape index (κ3) is 4.21. The molecule has 0 saturated heterocycles. The highest BCUT2D eigenvalue weighted by Crippen LogP contribution is 2.18. The summed E-state index contributed by atoms with van der Waals surface area (Å²) < 4.78 is 10.3. The van der Waals surface area contributed by atoms with Crippen molar-refractivity contribution in [3.05, 3.63) is 29.8 Å². The lowest BCUT2D eigenvalue weighted by molar-refractivity contribution is -0.129. The average molecular weight is 291 g/mol. The first-order valence-corrected chi connectivity index (χ1v) is 7.25. The van der Waals surface area contributed by atoms with Gasteiger partial charge in [0, 0.05) is 6.04 Å². The molecule has 1 N–H and O–H groups in total. The maximum absolute atomic E-state index is 12.0. The number of nitrogens with one attached hydrogen (secondary N) is 1. The number of esters is 1. The van der Waals surface area contributed by atoms with Gasteiger partial charge in [-0.2, -0.15) is 0 Å². The van der Waals surface area contributed by atoms with E-state index in [1.807, 2.05) is 0 Å². The van der Waals surface area contributed by atoms with Crippen molar-refractivity contribution in [1.29, 1.82) is 0 Å². The molecular weight excluding hydrogens is 270 g/mol. The molecule has 1 aromatic carbocycles. The summed E-state index contributed by atoms with van der Waals surface area (Å²) in [4.78, 5) is 24.0. The van der Waals surface area contributed by atoms with Gasteiger partial charge in [0.25, 0.3) is 5.91 Å². The summed E-state index contributed by atoms with van der Waals surface area (Å²) in [6.07, 6.45) is 3.49. The molecule has 5 nitrogen and oxygen atoms in total. The van der Waals surface area contributed by atoms with E-state index in [-0.39, 0.29) is 11.9 Å². The highest BCUT2D eigenvalue weighted by atomic mass is 16.5. The quantitative estimate of drug-likeness (QED) is 0.845. The second-order valence-corrected chi connectivity index (χ2v) is 5.27. The van der Waals surface area contributed by atoms with Crippen LogP contribution >= 0.6 is 0 Å². The molecule has 1 aliphatic carbocycles. The van der Waals surface area contributed by atoms with Crippen LogP contribution in [0.3, 0.4) is 0 Å². The number of carbonyl (C=O) groups excluding carboxylic acids is 2. The van der Waals surface area contributed by atoms with E-state index >= 15 is 0 Å². The number of hydrogen-bond acceptors (Lipinski definition) is 4. The third-order valence-corrected chi connectivity index (χ3v) is 3.66. The minimum atomic E-state index is -0.802. The number of rotatable bonds is 5. The topological polar surface area (TPSA) is 64.6 Å². The van der Waals surface area contributed by atoms with Crippen LogP contribution in [0.5, 0.6) is 5.75 Å². The van der Waals surface area contributed by atoms with Crippen LogP contribution in [0.2, 0.25) is 0 Å². The standard InChI is InChI=1S/C16H21NO4/c1-11(15(18)17-13-7-3-4-8-13)21-16(19)12-6-5-9-14(10-12)20-2/h5-6,9-11,13H,3-4,7-8H2,1-2H3,(H,17,18)/t11-/m0/s1. The van der Waals surface area contributed by atoms with Crippen molar-refractivity contribution >= 4 is 11.9 Å². The predicted octanol–water partition coefficient (Wildman–Crippen LogP) is 2.30. The average Bonchev–Trinajstić information content (AvgIpc) is 3.00. The van der Waals surface area contributed by atoms with Crippen LogP contribution in [0.25, 0.3) is 0 Å². The molecular formula is C16H21NO4. The van der Waals surface area contributed by atoms with Crippen molar-refractivity contribution < 1.29 is 19.1 Å². The van der Waals surface area contributed by atoms with Crippen LogP contribution in [0.4, 0.5) is 0 Å². The van der Waals surface area contributed by atoms with Gasteiger partial charge in [-0.3, -0.25) is 4.79 Å². The summed E-state index contributed by atoms with van der Waals surface area (Å²) in [5.74, 6) is -0.186. The van der Waals surface area contributed by atoms with Crippen LogP contribution in [-0.4, -0.2) is 31.1 Å². The predicted molar refractivity (Wildman–Crippen MR) is 78.3 cm³/mol. The normalized spacial score (nSPS) is 16.3. The van der Waals surface area contributed by atoms with Crippen molar-refractivity contribution in [3.8, 4) is 5.75 Å². The molecule has 0 spiro atoms. The maximum atomic E-state index is 12.0. The second-order valence-electron chi connectivity index (χ2n) is 5.27. The fourth-order valence-electron chi connectivity index (χ4n) is 2.42. The minimum absolute atomic E-state index is 0.218. The van der Waals surface area contributed by atoms with Gasteiger partial charge in [0.1, 0.15) is 5.75 Å². The van der Waals surface area contributed by atoms with E-state index in [0.29, 0.717) is 11.3 Å². The second kappa shape index (κ2) is 7.11. The number of methoxy groups -OCH3 is 1. The highest BCUT2D eigenvalue weighted by Gasteiger charge is 2.23. The number of hydrogen-bond donors (Lipinski definition) is 1. The van der Waals surface area contributed by atoms with E-state index in [0.717, 1.165) is 25.7 Å². The largest absolute Gasteiger partial charge is 0.497 e. The van der Waals surface area contributed by atoms with E-state index in [9.17, 15) is 9.59 Å². The van der Waals surface area contributed by atoms with Crippen LogP contribution in [0.1, 0.15) is 43.0 Å². The van der Waals surface area contributed by atoms with Crippen molar-refractivity contribution in [1.82, 2.24) is 5.32 Å². The summed E-state index contributed by atoms with van der Waals surface area (Å²) in [5.41, 5.74) is 0.370. The SMILES string of the molecule is COc1cccc(C(=O)O[C@@H](C)C(=O)NC2CCCC2)c1. The lowest BCUT2D eigenvalue weighted by Gasteiger charge is -2.17. The van der Waals surface area contributed by atoms with Gasteiger partial charge in [-0.25, -0.2) is 4.79 Å². The number of benzene rings is 1. The Labute approximate surface area is 124 Å². The van der Waals surface area contributed by atoms with E-state index in [2.05, 4.69) is 5.32 Å². The third-order valence-electron chi connectivity index (χ3n) is 3.66. The summed E-state index contributed by atoms with van der Waals surface area (Å²) >= 11 is 0. The van der Waals surface area contributed by atoms with Gasteiger partial charge in [0.2, 0.25) is 0 Å². The molecule has 21 heavy (non-hydrogen) atoms. The summed E-state index contributed by atoms with van der Waals surface area (Å²) in [5, 5.41) is 2.92. The molecule has 1 saturated carbocycles. The van der Waals surface area contributed by atoms with E-state index < -0.39 is 12.1 Å². The molecule has 0 aromatic heterocycles. The van der Waals surface area contributed by atoms with Gasteiger partial charge < -0.3 is 14.8 Å². The molecule has 1 amide bonds. The zero-order valence-electron chi connectivity index (χ0n) is 12.4. The first-order chi connectivity index (χ1) is 10.1. The van der Waals surface area contributed by atoms with E-state index in [1.54, 1.807) is 31.2 Å². The number of carbonyl (C=O) groups is 2. The monoisotopic (exact) mass is 291 g/mol. The Bertz CT molecular complexity index is 509. The molecule has 1 aliphatic rings. The van der Waals surface area contributed by atoms with Gasteiger partial charge in [-0.15, -0.1) is 0 Å². The summed E-state index contributed by atoms with van der Waals surface area (Å²) in [6.45, 7) is 1.59. The molecule has 0 aliphatic heterocycles. The molecule has 1 atom stereocenters. The molecule has 2 rings (SSSR count). The molecule has 1 aromatic rings. The molecule has 114 valence electrons. The van der Waals surface area contributed by atoms with Crippen molar-refractivity contribution in [3.63, 3.8) is 0 Å². The van der Waals surface area contributed by atoms with E-state index in [4.69, 9.17) is 9.47 Å². The Morgan fingerprint density at radius 1 is 1.29 bits per heavy atom. The lowest BCUT2D eigenvalue weighted by atomic mass is 10.2. The minimum Gasteiger partial charge on any atom is -0.497 e. The Kier molecular flexibility index (Phi) is 5.20. The Morgan fingerprint density at radius 3 is 2.67 bits per heavy atom. The summed E-state index contributed by atoms with van der Waals surface area (Å²) in [7, 11) is 1.53. The summed E-state index contributed by atoms with van der Waals surface area (Å²) in [6, 6.07) is 6.89. The van der Waals surface area contributed by atoms with Crippen LogP contribution in [0, 0.1) is 0 Å². The molecule has 0 heterocycles. The fraction of sp³-hybridized carbons (Fsp3) is 0.500. The Morgan fingerprint density at radius 2 is 2.00 bits per heavy atom. The molecule has 1 fully saturated rings. The van der Waals surface area contributed by atoms with Crippen LogP contribution in [0.15, 0.2) is 24.3 Å². The fourth-order valence-corrected chi connectivity index (χ4v) is 2.42. The Balaban J connectivity index is 1.89. The van der Waals surface area contributed by atoms with Gasteiger partial charge in [-0.1, -0.05) is 18.9 Å². The first kappa shape index (κ1) is 15.4. The van der Waals surface area contributed by atoms with Gasteiger partial charge >= 0.3 is 5.97 Å². The molecule has 0 radical (unpaired) electrons.